The maximum atomic E-state index is 11.5. The molecule has 6 heteroatoms. The topological polar surface area (TPSA) is 65.5 Å². The van der Waals surface area contributed by atoms with Gasteiger partial charge in [0.2, 0.25) is 5.91 Å². The van der Waals surface area contributed by atoms with Crippen LogP contribution in [-0.4, -0.2) is 37.5 Å². The molecule has 0 aromatic carbocycles. The highest BCUT2D eigenvalue weighted by molar-refractivity contribution is 14.0. The van der Waals surface area contributed by atoms with Gasteiger partial charge < -0.3 is 16.0 Å². The van der Waals surface area contributed by atoms with Crippen LogP contribution in [0, 0.1) is 0 Å². The Balaban J connectivity index is 0. The van der Waals surface area contributed by atoms with Crippen molar-refractivity contribution in [2.24, 2.45) is 4.99 Å². The fourth-order valence-corrected chi connectivity index (χ4v) is 1.89. The summed E-state index contributed by atoms with van der Waals surface area (Å²) in [6.07, 6.45) is 5.35. The van der Waals surface area contributed by atoms with E-state index in [2.05, 4.69) is 34.8 Å². The normalized spacial score (nSPS) is 12.6. The highest BCUT2D eigenvalue weighted by atomic mass is 127. The minimum atomic E-state index is 0. The van der Waals surface area contributed by atoms with E-state index in [4.69, 9.17) is 0 Å². The van der Waals surface area contributed by atoms with Gasteiger partial charge in [-0.1, -0.05) is 26.2 Å². The summed E-state index contributed by atoms with van der Waals surface area (Å²) in [6.45, 7) is 8.89. The average molecular weight is 412 g/mol. The monoisotopic (exact) mass is 412 g/mol. The Bertz CT molecular complexity index is 295. The predicted molar refractivity (Wildman–Crippen MR) is 101 cm³/mol. The van der Waals surface area contributed by atoms with Crippen LogP contribution in [0.2, 0.25) is 0 Å². The van der Waals surface area contributed by atoms with Gasteiger partial charge >= 0.3 is 0 Å². The van der Waals surface area contributed by atoms with E-state index >= 15 is 0 Å². The number of halogens is 1. The van der Waals surface area contributed by atoms with Crippen LogP contribution in [0.4, 0.5) is 0 Å². The molecule has 0 rings (SSSR count). The molecule has 1 unspecified atom stereocenters. The van der Waals surface area contributed by atoms with E-state index in [1.54, 1.807) is 7.05 Å². The molecule has 0 radical (unpaired) electrons. The van der Waals surface area contributed by atoms with Crippen LogP contribution < -0.4 is 16.0 Å². The summed E-state index contributed by atoms with van der Waals surface area (Å²) in [5, 5.41) is 9.39. The molecule has 1 amide bonds. The van der Waals surface area contributed by atoms with Crippen molar-refractivity contribution in [3.8, 4) is 0 Å². The number of nitrogens with zero attached hydrogens (tertiary/aromatic N) is 1. The number of hydrogen-bond acceptors (Lipinski definition) is 2. The van der Waals surface area contributed by atoms with Gasteiger partial charge in [0.25, 0.3) is 0 Å². The molecule has 5 nitrogen and oxygen atoms in total. The number of guanidine groups is 1. The van der Waals surface area contributed by atoms with Gasteiger partial charge in [-0.2, -0.15) is 0 Å². The molecule has 0 aromatic rings. The van der Waals surface area contributed by atoms with Gasteiger partial charge in [-0.3, -0.25) is 9.79 Å². The Labute approximate surface area is 147 Å². The lowest BCUT2D eigenvalue weighted by Gasteiger charge is -2.18. The van der Waals surface area contributed by atoms with Crippen LogP contribution in [-0.2, 0) is 4.79 Å². The second-order valence-corrected chi connectivity index (χ2v) is 5.51. The van der Waals surface area contributed by atoms with E-state index in [0.29, 0.717) is 19.0 Å². The van der Waals surface area contributed by atoms with Crippen LogP contribution >= 0.6 is 24.0 Å². The molecule has 0 aliphatic rings. The molecule has 0 bridgehead atoms. The summed E-state index contributed by atoms with van der Waals surface area (Å²) in [4.78, 5) is 15.7. The van der Waals surface area contributed by atoms with E-state index < -0.39 is 0 Å². The Morgan fingerprint density at radius 2 is 1.81 bits per heavy atom. The first kappa shape index (κ1) is 22.7. The third-order valence-corrected chi connectivity index (χ3v) is 2.94. The predicted octanol–water partition coefficient (Wildman–Crippen LogP) is 2.65. The highest BCUT2D eigenvalue weighted by Crippen LogP contribution is 2.02. The van der Waals surface area contributed by atoms with Crippen molar-refractivity contribution in [2.75, 3.05) is 13.6 Å². The Morgan fingerprint density at radius 3 is 2.33 bits per heavy atom. The second-order valence-electron chi connectivity index (χ2n) is 5.51. The Hall–Kier alpha value is -0.530. The number of aliphatic imine (C=N–C) groups is 1. The molecular formula is C15H33IN4O. The summed E-state index contributed by atoms with van der Waals surface area (Å²) in [5.41, 5.74) is 0. The maximum Gasteiger partial charge on any atom is 0.221 e. The molecule has 21 heavy (non-hydrogen) atoms. The molecule has 0 heterocycles. The number of amides is 1. The summed E-state index contributed by atoms with van der Waals surface area (Å²) < 4.78 is 0. The lowest BCUT2D eigenvalue weighted by molar-refractivity contribution is -0.121. The van der Waals surface area contributed by atoms with Crippen molar-refractivity contribution in [2.45, 2.75) is 71.9 Å². The van der Waals surface area contributed by atoms with Gasteiger partial charge in [-0.25, -0.2) is 0 Å². The number of rotatable bonds is 9. The first-order valence-corrected chi connectivity index (χ1v) is 7.76. The molecule has 0 fully saturated rings. The summed E-state index contributed by atoms with van der Waals surface area (Å²) >= 11 is 0. The van der Waals surface area contributed by atoms with Crippen molar-refractivity contribution in [1.29, 1.82) is 0 Å². The average Bonchev–Trinajstić information content (AvgIpc) is 2.37. The Morgan fingerprint density at radius 1 is 1.14 bits per heavy atom. The van der Waals surface area contributed by atoms with Gasteiger partial charge in [-0.15, -0.1) is 24.0 Å². The van der Waals surface area contributed by atoms with E-state index in [0.717, 1.165) is 12.4 Å². The number of nitrogens with one attached hydrogen (secondary N) is 3. The van der Waals surface area contributed by atoms with Gasteiger partial charge in [0.15, 0.2) is 5.96 Å². The third-order valence-electron chi connectivity index (χ3n) is 2.94. The van der Waals surface area contributed by atoms with Crippen molar-refractivity contribution in [1.82, 2.24) is 16.0 Å². The first-order chi connectivity index (χ1) is 9.49. The second kappa shape index (κ2) is 14.4. The quantitative estimate of drug-likeness (QED) is 0.236. The fraction of sp³-hybridized carbons (Fsp3) is 0.867. The molecule has 0 aliphatic heterocycles. The molecule has 0 spiro atoms. The van der Waals surface area contributed by atoms with Gasteiger partial charge in [0.1, 0.15) is 0 Å². The fourth-order valence-electron chi connectivity index (χ4n) is 1.89. The van der Waals surface area contributed by atoms with Gasteiger partial charge in [-0.05, 0) is 27.2 Å². The minimum Gasteiger partial charge on any atom is -0.356 e. The first-order valence-electron chi connectivity index (χ1n) is 7.76. The SMILES string of the molecule is CCCCCC(C)NC(=NC)NCCC(=O)NC(C)C.I. The molecule has 0 aliphatic carbocycles. The number of carbonyl (C=O) groups excluding carboxylic acids is 1. The van der Waals surface area contributed by atoms with Crippen molar-refractivity contribution in [3.05, 3.63) is 0 Å². The number of unbranched alkanes of at least 4 members (excludes halogenated alkanes) is 2. The lowest BCUT2D eigenvalue weighted by atomic mass is 10.1. The smallest absolute Gasteiger partial charge is 0.221 e. The summed E-state index contributed by atoms with van der Waals surface area (Å²) in [7, 11) is 1.75. The van der Waals surface area contributed by atoms with E-state index in [-0.39, 0.29) is 35.9 Å². The van der Waals surface area contributed by atoms with Gasteiger partial charge in [0.05, 0.1) is 0 Å². The maximum absolute atomic E-state index is 11.5. The molecule has 0 aromatic heterocycles. The Kier molecular flexibility index (Phi) is 15.6. The molecular weight excluding hydrogens is 379 g/mol. The number of carbonyl (C=O) groups is 1. The van der Waals surface area contributed by atoms with Crippen LogP contribution in [0.1, 0.15) is 59.8 Å². The van der Waals surface area contributed by atoms with Crippen molar-refractivity contribution < 1.29 is 4.79 Å². The molecule has 1 atom stereocenters. The standard InChI is InChI=1S/C15H32N4O.HI/c1-6-7-8-9-13(4)19-15(16-5)17-11-10-14(20)18-12(2)3;/h12-13H,6-11H2,1-5H3,(H,18,20)(H2,16,17,19);1H. The van der Waals surface area contributed by atoms with E-state index in [9.17, 15) is 4.79 Å². The van der Waals surface area contributed by atoms with Crippen molar-refractivity contribution in [3.63, 3.8) is 0 Å². The largest absolute Gasteiger partial charge is 0.356 e. The van der Waals surface area contributed by atoms with Crippen LogP contribution in [0.25, 0.3) is 0 Å². The molecule has 126 valence electrons. The van der Waals surface area contributed by atoms with E-state index in [1.807, 2.05) is 13.8 Å². The zero-order chi connectivity index (χ0) is 15.4. The van der Waals surface area contributed by atoms with E-state index in [1.165, 1.54) is 19.3 Å². The number of hydrogen-bond donors (Lipinski definition) is 3. The molecule has 0 saturated carbocycles. The highest BCUT2D eigenvalue weighted by Gasteiger charge is 2.06. The summed E-state index contributed by atoms with van der Waals surface area (Å²) in [5.74, 6) is 0.838. The third kappa shape index (κ3) is 14.2. The summed E-state index contributed by atoms with van der Waals surface area (Å²) in [6, 6.07) is 0.593. The molecule has 3 N–H and O–H groups in total. The van der Waals surface area contributed by atoms with Crippen LogP contribution in [0.15, 0.2) is 4.99 Å². The van der Waals surface area contributed by atoms with Crippen LogP contribution in [0.5, 0.6) is 0 Å². The van der Waals surface area contributed by atoms with Gasteiger partial charge in [0, 0.05) is 32.1 Å². The molecule has 0 saturated heterocycles. The van der Waals surface area contributed by atoms with Crippen molar-refractivity contribution >= 4 is 35.8 Å². The minimum absolute atomic E-state index is 0. The van der Waals surface area contributed by atoms with Crippen LogP contribution in [0.3, 0.4) is 0 Å². The zero-order valence-corrected chi connectivity index (χ0v) is 16.5. The zero-order valence-electron chi connectivity index (χ0n) is 14.2. The lowest BCUT2D eigenvalue weighted by Crippen LogP contribution is -2.43.